The third kappa shape index (κ3) is 6.04. The predicted molar refractivity (Wildman–Crippen MR) is 111 cm³/mol. The molecule has 2 amide bonds. The van der Waals surface area contributed by atoms with Gasteiger partial charge in [0.25, 0.3) is 11.8 Å². The predicted octanol–water partition coefficient (Wildman–Crippen LogP) is 2.39. The van der Waals surface area contributed by atoms with Crippen LogP contribution in [0.1, 0.15) is 26.5 Å². The lowest BCUT2D eigenvalue weighted by Crippen LogP contribution is -2.34. The van der Waals surface area contributed by atoms with Gasteiger partial charge in [0.15, 0.2) is 17.3 Å². The molecule has 0 atom stereocenters. The lowest BCUT2D eigenvalue weighted by atomic mass is 10.2. The molecule has 0 aliphatic heterocycles. The van der Waals surface area contributed by atoms with Crippen LogP contribution in [0.2, 0.25) is 0 Å². The molecule has 0 aliphatic rings. The van der Waals surface area contributed by atoms with E-state index in [0.717, 1.165) is 0 Å². The van der Waals surface area contributed by atoms with E-state index in [9.17, 15) is 14.4 Å². The molecule has 0 aliphatic carbocycles. The summed E-state index contributed by atoms with van der Waals surface area (Å²) in [5.74, 6) is -0.852. The lowest BCUT2D eigenvalue weighted by Gasteiger charge is -2.10. The molecule has 2 N–H and O–H groups in total. The Balaban J connectivity index is 1.54. The van der Waals surface area contributed by atoms with Gasteiger partial charge in [0.1, 0.15) is 0 Å². The fourth-order valence-corrected chi connectivity index (χ4v) is 2.46. The van der Waals surface area contributed by atoms with Crippen LogP contribution in [0.25, 0.3) is 0 Å². The summed E-state index contributed by atoms with van der Waals surface area (Å²) in [6.07, 6.45) is 2.75. The van der Waals surface area contributed by atoms with Crippen molar-refractivity contribution in [2.45, 2.75) is 0 Å². The third-order valence-electron chi connectivity index (χ3n) is 3.96. The fraction of sp³-hybridized carbons (Fsp3) is 0.0909. The Morgan fingerprint density at radius 3 is 2.55 bits per heavy atom. The lowest BCUT2D eigenvalue weighted by molar-refractivity contribution is -0.120. The topological polar surface area (TPSA) is 119 Å². The number of hydrazone groups is 1. The number of carbonyl (C=O) groups excluding carboxylic acids is 3. The van der Waals surface area contributed by atoms with E-state index in [1.807, 2.05) is 0 Å². The first-order chi connectivity index (χ1) is 15.1. The Kier molecular flexibility index (Phi) is 7.15. The van der Waals surface area contributed by atoms with Crippen LogP contribution in [0.4, 0.5) is 0 Å². The first-order valence-corrected chi connectivity index (χ1v) is 9.15. The molecule has 0 bridgehead atoms. The second-order valence-corrected chi connectivity index (χ2v) is 6.12. The van der Waals surface area contributed by atoms with E-state index in [1.165, 1.54) is 25.7 Å². The van der Waals surface area contributed by atoms with E-state index in [4.69, 9.17) is 13.9 Å². The minimum absolute atomic E-state index is 0.108. The van der Waals surface area contributed by atoms with E-state index in [2.05, 4.69) is 15.8 Å². The van der Waals surface area contributed by atoms with Gasteiger partial charge in [-0.2, -0.15) is 5.10 Å². The number of rotatable bonds is 8. The summed E-state index contributed by atoms with van der Waals surface area (Å²) in [6, 6.07) is 16.4. The largest absolute Gasteiger partial charge is 0.493 e. The van der Waals surface area contributed by atoms with Gasteiger partial charge in [-0.1, -0.05) is 18.2 Å². The molecular formula is C22H19N3O6. The average Bonchev–Trinajstić information content (AvgIpc) is 3.34. The summed E-state index contributed by atoms with van der Waals surface area (Å²) in [4.78, 5) is 35.7. The maximum absolute atomic E-state index is 12.2. The van der Waals surface area contributed by atoms with Gasteiger partial charge in [0.2, 0.25) is 0 Å². The quantitative estimate of drug-likeness (QED) is 0.249. The summed E-state index contributed by atoms with van der Waals surface area (Å²) < 4.78 is 15.6. The van der Waals surface area contributed by atoms with Gasteiger partial charge >= 0.3 is 5.97 Å². The number of nitrogens with one attached hydrogen (secondary N) is 2. The zero-order valence-electron chi connectivity index (χ0n) is 16.5. The number of hydrogen-bond acceptors (Lipinski definition) is 7. The number of amides is 2. The van der Waals surface area contributed by atoms with Crippen LogP contribution in [0.15, 0.2) is 76.4 Å². The monoisotopic (exact) mass is 421 g/mol. The Morgan fingerprint density at radius 2 is 1.84 bits per heavy atom. The summed E-state index contributed by atoms with van der Waals surface area (Å²) in [5.41, 5.74) is 3.30. The molecule has 0 fully saturated rings. The van der Waals surface area contributed by atoms with Gasteiger partial charge in [0.05, 0.1) is 31.7 Å². The fourth-order valence-electron chi connectivity index (χ4n) is 2.46. The SMILES string of the molecule is COc1cc(C=NNC(=O)CNC(=O)c2ccco2)ccc1OC(=O)c1ccccc1. The molecule has 1 heterocycles. The number of esters is 1. The maximum atomic E-state index is 12.2. The molecule has 9 nitrogen and oxygen atoms in total. The molecule has 0 saturated heterocycles. The maximum Gasteiger partial charge on any atom is 0.343 e. The van der Waals surface area contributed by atoms with Crippen molar-refractivity contribution in [1.29, 1.82) is 0 Å². The first-order valence-electron chi connectivity index (χ1n) is 9.15. The summed E-state index contributed by atoms with van der Waals surface area (Å²) in [6.45, 7) is -0.269. The van der Waals surface area contributed by atoms with Crippen LogP contribution >= 0.6 is 0 Å². The zero-order chi connectivity index (χ0) is 22.1. The van der Waals surface area contributed by atoms with Crippen molar-refractivity contribution in [3.63, 3.8) is 0 Å². The van der Waals surface area contributed by atoms with Crippen LogP contribution in [-0.2, 0) is 4.79 Å². The Bertz CT molecular complexity index is 1080. The van der Waals surface area contributed by atoms with Gasteiger partial charge in [0, 0.05) is 0 Å². The third-order valence-corrected chi connectivity index (χ3v) is 3.96. The standard InChI is InChI=1S/C22H19N3O6/c1-29-19-12-15(9-10-17(19)31-22(28)16-6-3-2-4-7-16)13-24-25-20(26)14-23-21(27)18-8-5-11-30-18/h2-13H,14H2,1H3,(H,23,27)(H,25,26). The van der Waals surface area contributed by atoms with Gasteiger partial charge < -0.3 is 19.2 Å². The molecule has 158 valence electrons. The van der Waals surface area contributed by atoms with Crippen molar-refractivity contribution in [2.75, 3.05) is 13.7 Å². The Labute approximate surface area is 177 Å². The first kappa shape index (κ1) is 21.3. The molecule has 0 radical (unpaired) electrons. The number of nitrogens with zero attached hydrogens (tertiary/aromatic N) is 1. The van der Waals surface area contributed by atoms with Crippen LogP contribution < -0.4 is 20.2 Å². The number of ether oxygens (including phenoxy) is 2. The smallest absolute Gasteiger partial charge is 0.343 e. The number of methoxy groups -OCH3 is 1. The van der Waals surface area contributed by atoms with Crippen LogP contribution in [0.3, 0.4) is 0 Å². The number of benzene rings is 2. The highest BCUT2D eigenvalue weighted by atomic mass is 16.6. The highest BCUT2D eigenvalue weighted by Crippen LogP contribution is 2.28. The molecular weight excluding hydrogens is 402 g/mol. The van der Waals surface area contributed by atoms with Crippen LogP contribution in [-0.4, -0.2) is 37.7 Å². The van der Waals surface area contributed by atoms with E-state index in [0.29, 0.717) is 16.9 Å². The molecule has 9 heteroatoms. The van der Waals surface area contributed by atoms with Crippen LogP contribution in [0, 0.1) is 0 Å². The highest BCUT2D eigenvalue weighted by molar-refractivity contribution is 5.94. The Hall–Kier alpha value is -4.40. The van der Waals surface area contributed by atoms with Crippen molar-refractivity contribution >= 4 is 24.0 Å². The molecule has 1 aromatic heterocycles. The van der Waals surface area contributed by atoms with Crippen molar-refractivity contribution in [1.82, 2.24) is 10.7 Å². The van der Waals surface area contributed by atoms with Gasteiger partial charge in [-0.3, -0.25) is 9.59 Å². The molecule has 31 heavy (non-hydrogen) atoms. The zero-order valence-corrected chi connectivity index (χ0v) is 16.5. The molecule has 0 spiro atoms. The Morgan fingerprint density at radius 1 is 1.03 bits per heavy atom. The normalized spacial score (nSPS) is 10.5. The van der Waals surface area contributed by atoms with Gasteiger partial charge in [-0.05, 0) is 48.0 Å². The highest BCUT2D eigenvalue weighted by Gasteiger charge is 2.13. The van der Waals surface area contributed by atoms with E-state index < -0.39 is 17.8 Å². The molecule has 2 aromatic carbocycles. The van der Waals surface area contributed by atoms with E-state index >= 15 is 0 Å². The molecule has 3 aromatic rings. The van der Waals surface area contributed by atoms with E-state index in [1.54, 1.807) is 54.6 Å². The molecule has 0 saturated carbocycles. The molecule has 0 unspecified atom stereocenters. The van der Waals surface area contributed by atoms with Crippen LogP contribution in [0.5, 0.6) is 11.5 Å². The number of hydrogen-bond donors (Lipinski definition) is 2. The van der Waals surface area contributed by atoms with Gasteiger partial charge in [-0.15, -0.1) is 0 Å². The summed E-state index contributed by atoms with van der Waals surface area (Å²) in [7, 11) is 1.44. The minimum Gasteiger partial charge on any atom is -0.493 e. The van der Waals surface area contributed by atoms with E-state index in [-0.39, 0.29) is 18.1 Å². The second-order valence-electron chi connectivity index (χ2n) is 6.12. The molecule has 3 rings (SSSR count). The average molecular weight is 421 g/mol. The summed E-state index contributed by atoms with van der Waals surface area (Å²) in [5, 5.41) is 6.24. The minimum atomic E-state index is -0.517. The summed E-state index contributed by atoms with van der Waals surface area (Å²) >= 11 is 0. The van der Waals surface area contributed by atoms with Crippen molar-refractivity contribution in [3.8, 4) is 11.5 Å². The van der Waals surface area contributed by atoms with Crippen molar-refractivity contribution in [2.24, 2.45) is 5.10 Å². The number of carbonyl (C=O) groups is 3. The van der Waals surface area contributed by atoms with Crippen molar-refractivity contribution < 1.29 is 28.3 Å². The van der Waals surface area contributed by atoms with Crippen molar-refractivity contribution in [3.05, 3.63) is 83.8 Å². The van der Waals surface area contributed by atoms with Gasteiger partial charge in [-0.25, -0.2) is 10.2 Å². The second kappa shape index (κ2) is 10.4. The number of furan rings is 1.